The highest BCUT2D eigenvalue weighted by Crippen LogP contribution is 1.89. The predicted octanol–water partition coefficient (Wildman–Crippen LogP) is -0.237. The summed E-state index contributed by atoms with van der Waals surface area (Å²) in [6, 6.07) is 0. The fourth-order valence-corrected chi connectivity index (χ4v) is 0.432. The number of carbonyl (C=O) groups is 2. The molecule has 4 nitrogen and oxygen atoms in total. The van der Waals surface area contributed by atoms with Crippen molar-refractivity contribution in [1.29, 1.82) is 0 Å². The van der Waals surface area contributed by atoms with Crippen LogP contribution in [0.3, 0.4) is 0 Å². The molecule has 0 aliphatic rings. The molecule has 0 radical (unpaired) electrons. The van der Waals surface area contributed by atoms with E-state index >= 15 is 0 Å². The van der Waals surface area contributed by atoms with E-state index in [1.807, 2.05) is 0 Å². The molecule has 0 N–H and O–H groups in total. The molecule has 1 unspecified atom stereocenters. The number of aldehydes is 1. The molecule has 0 aliphatic heterocycles. The molecule has 0 rings (SSSR count). The molecule has 0 fully saturated rings. The lowest BCUT2D eigenvalue weighted by molar-refractivity contribution is -0.156. The molecule has 10 heavy (non-hydrogen) atoms. The van der Waals surface area contributed by atoms with Crippen LogP contribution in [0.1, 0.15) is 6.92 Å². The maximum Gasteiger partial charge on any atom is 0.342 e. The number of rotatable bonds is 4. The van der Waals surface area contributed by atoms with Crippen LogP contribution in [0.5, 0.6) is 0 Å². The van der Waals surface area contributed by atoms with Crippen molar-refractivity contribution in [2.24, 2.45) is 0 Å². The number of esters is 1. The minimum Gasteiger partial charge on any atom is -0.464 e. The summed E-state index contributed by atoms with van der Waals surface area (Å²) in [4.78, 5) is 20.7. The van der Waals surface area contributed by atoms with Gasteiger partial charge < -0.3 is 9.47 Å². The van der Waals surface area contributed by atoms with Crippen molar-refractivity contribution in [1.82, 2.24) is 0 Å². The van der Waals surface area contributed by atoms with Gasteiger partial charge in [-0.05, 0) is 6.92 Å². The second kappa shape index (κ2) is 4.93. The van der Waals surface area contributed by atoms with Gasteiger partial charge in [0.1, 0.15) is 0 Å². The van der Waals surface area contributed by atoms with Gasteiger partial charge in [0.2, 0.25) is 6.10 Å². The lowest BCUT2D eigenvalue weighted by Gasteiger charge is -2.05. The summed E-state index contributed by atoms with van der Waals surface area (Å²) in [5, 5.41) is 0. The summed E-state index contributed by atoms with van der Waals surface area (Å²) < 4.78 is 8.96. The topological polar surface area (TPSA) is 52.6 Å². The molecule has 4 heteroatoms. The largest absolute Gasteiger partial charge is 0.464 e. The van der Waals surface area contributed by atoms with Gasteiger partial charge in [0.25, 0.3) is 0 Å². The Hall–Kier alpha value is -0.900. The average molecular weight is 146 g/mol. The van der Waals surface area contributed by atoms with E-state index in [4.69, 9.17) is 0 Å². The van der Waals surface area contributed by atoms with Gasteiger partial charge in [0, 0.05) is 7.11 Å². The monoisotopic (exact) mass is 146 g/mol. The maximum absolute atomic E-state index is 10.6. The van der Waals surface area contributed by atoms with Gasteiger partial charge in [-0.2, -0.15) is 0 Å². The molecule has 0 amide bonds. The van der Waals surface area contributed by atoms with E-state index < -0.39 is 12.1 Å². The van der Waals surface area contributed by atoms with Crippen molar-refractivity contribution in [3.63, 3.8) is 0 Å². The first kappa shape index (κ1) is 9.10. The molecule has 0 aromatic rings. The highest BCUT2D eigenvalue weighted by molar-refractivity contribution is 5.90. The molecule has 1 atom stereocenters. The van der Waals surface area contributed by atoms with Crippen molar-refractivity contribution < 1.29 is 19.1 Å². The molecule has 0 aromatic carbocycles. The molecule has 0 heterocycles. The first-order valence-corrected chi connectivity index (χ1v) is 2.91. The second-order valence-corrected chi connectivity index (χ2v) is 1.54. The summed E-state index contributed by atoms with van der Waals surface area (Å²) in [7, 11) is 1.27. The third-order valence-electron chi connectivity index (χ3n) is 0.896. The molecule has 0 spiro atoms. The van der Waals surface area contributed by atoms with E-state index in [9.17, 15) is 9.59 Å². The Bertz CT molecular complexity index is 121. The Kier molecular flexibility index (Phi) is 4.49. The van der Waals surface area contributed by atoms with Gasteiger partial charge in [-0.15, -0.1) is 0 Å². The molecule has 58 valence electrons. The van der Waals surface area contributed by atoms with Crippen LogP contribution < -0.4 is 0 Å². The normalized spacial score (nSPS) is 12.2. The van der Waals surface area contributed by atoms with Gasteiger partial charge in [-0.3, -0.25) is 4.79 Å². The minimum absolute atomic E-state index is 0.256. The summed E-state index contributed by atoms with van der Waals surface area (Å²) in [5.41, 5.74) is 0. The number of hydrogen-bond acceptors (Lipinski definition) is 4. The number of methoxy groups -OCH3 is 1. The van der Waals surface area contributed by atoms with Crippen LogP contribution in [0.15, 0.2) is 0 Å². The second-order valence-electron chi connectivity index (χ2n) is 1.54. The maximum atomic E-state index is 10.6. The average Bonchev–Trinajstić information content (AvgIpc) is 1.91. The number of ether oxygens (including phenoxy) is 2. The van der Waals surface area contributed by atoms with E-state index in [2.05, 4.69) is 9.47 Å². The standard InChI is InChI=1S/C6H10O4/c1-3-10-6(8)5(4-7)9-2/h4-5H,3H2,1-2H3. The summed E-state index contributed by atoms with van der Waals surface area (Å²) in [5.74, 6) is -0.639. The number of hydrogen-bond donors (Lipinski definition) is 0. The van der Waals surface area contributed by atoms with Crippen molar-refractivity contribution in [2.75, 3.05) is 13.7 Å². The van der Waals surface area contributed by atoms with Gasteiger partial charge in [0.15, 0.2) is 6.29 Å². The minimum atomic E-state index is -1.07. The van der Waals surface area contributed by atoms with E-state index in [0.717, 1.165) is 0 Å². The van der Waals surface area contributed by atoms with Crippen LogP contribution >= 0.6 is 0 Å². The highest BCUT2D eigenvalue weighted by Gasteiger charge is 2.16. The summed E-state index contributed by atoms with van der Waals surface area (Å²) in [6.07, 6.45) is -0.669. The molecule has 0 aromatic heterocycles. The molecule has 0 bridgehead atoms. The Morgan fingerprint density at radius 3 is 2.60 bits per heavy atom. The van der Waals surface area contributed by atoms with Crippen LogP contribution in [-0.4, -0.2) is 32.1 Å². The first-order chi connectivity index (χ1) is 4.76. The predicted molar refractivity (Wildman–Crippen MR) is 33.5 cm³/mol. The molecule has 0 saturated heterocycles. The Labute approximate surface area is 59.1 Å². The lowest BCUT2D eigenvalue weighted by Crippen LogP contribution is -2.26. The zero-order chi connectivity index (χ0) is 7.98. The van der Waals surface area contributed by atoms with Crippen LogP contribution in [0, 0.1) is 0 Å². The molecular weight excluding hydrogens is 136 g/mol. The zero-order valence-corrected chi connectivity index (χ0v) is 5.99. The van der Waals surface area contributed by atoms with E-state index in [1.165, 1.54) is 7.11 Å². The van der Waals surface area contributed by atoms with Crippen LogP contribution in [-0.2, 0) is 19.1 Å². The smallest absolute Gasteiger partial charge is 0.342 e. The van der Waals surface area contributed by atoms with Gasteiger partial charge in [-0.1, -0.05) is 0 Å². The Morgan fingerprint density at radius 1 is 1.70 bits per heavy atom. The van der Waals surface area contributed by atoms with Crippen molar-refractivity contribution >= 4 is 12.3 Å². The Balaban J connectivity index is 3.76. The highest BCUT2D eigenvalue weighted by atomic mass is 16.6. The third-order valence-corrected chi connectivity index (χ3v) is 0.896. The molecular formula is C6H10O4. The fraction of sp³-hybridized carbons (Fsp3) is 0.667. The van der Waals surface area contributed by atoms with E-state index in [-0.39, 0.29) is 6.61 Å². The SMILES string of the molecule is CCOC(=O)C(C=O)OC. The summed E-state index contributed by atoms with van der Waals surface area (Å²) in [6.45, 7) is 1.92. The van der Waals surface area contributed by atoms with Crippen LogP contribution in [0.4, 0.5) is 0 Å². The van der Waals surface area contributed by atoms with Gasteiger partial charge in [-0.25, -0.2) is 4.79 Å². The summed E-state index contributed by atoms with van der Waals surface area (Å²) >= 11 is 0. The van der Waals surface area contributed by atoms with Crippen LogP contribution in [0.25, 0.3) is 0 Å². The first-order valence-electron chi connectivity index (χ1n) is 2.91. The van der Waals surface area contributed by atoms with E-state index in [1.54, 1.807) is 6.92 Å². The van der Waals surface area contributed by atoms with Gasteiger partial charge >= 0.3 is 5.97 Å². The number of carbonyl (C=O) groups excluding carboxylic acids is 2. The molecule has 0 saturated carbocycles. The molecule has 0 aliphatic carbocycles. The van der Waals surface area contributed by atoms with Gasteiger partial charge in [0.05, 0.1) is 6.61 Å². The fourth-order valence-electron chi connectivity index (χ4n) is 0.432. The zero-order valence-electron chi connectivity index (χ0n) is 5.99. The van der Waals surface area contributed by atoms with Crippen molar-refractivity contribution in [3.05, 3.63) is 0 Å². The van der Waals surface area contributed by atoms with Crippen molar-refractivity contribution in [3.8, 4) is 0 Å². The van der Waals surface area contributed by atoms with E-state index in [0.29, 0.717) is 6.29 Å². The van der Waals surface area contributed by atoms with Crippen molar-refractivity contribution in [2.45, 2.75) is 13.0 Å². The Morgan fingerprint density at radius 2 is 2.30 bits per heavy atom. The lowest BCUT2D eigenvalue weighted by atomic mass is 10.4. The quantitative estimate of drug-likeness (QED) is 0.312. The van der Waals surface area contributed by atoms with Crippen LogP contribution in [0.2, 0.25) is 0 Å². The third kappa shape index (κ3) is 2.59.